The summed E-state index contributed by atoms with van der Waals surface area (Å²) in [4.78, 5) is 0. The van der Waals surface area contributed by atoms with Gasteiger partial charge >= 0.3 is 0 Å². The summed E-state index contributed by atoms with van der Waals surface area (Å²) in [5.41, 5.74) is 6.37. The number of fused-ring (bicyclic) bond motifs is 1. The molecule has 0 atom stereocenters. The Kier molecular flexibility index (Phi) is 5.52. The third-order valence-electron chi connectivity index (χ3n) is 7.67. The minimum atomic E-state index is -0.506. The maximum atomic E-state index is 11.2. The predicted octanol–water partition coefficient (Wildman–Crippen LogP) is 7.19. The van der Waals surface area contributed by atoms with Gasteiger partial charge in [-0.15, -0.1) is 0 Å². The van der Waals surface area contributed by atoms with Gasteiger partial charge in [0.2, 0.25) is 0 Å². The third-order valence-corrected chi connectivity index (χ3v) is 7.67. The van der Waals surface area contributed by atoms with Gasteiger partial charge in [0.05, 0.1) is 5.60 Å². The van der Waals surface area contributed by atoms with Crippen LogP contribution in [-0.4, -0.2) is 10.7 Å². The molecule has 0 aromatic rings. The molecular formula is C26H38O. The second-order valence-corrected chi connectivity index (χ2v) is 9.40. The molecule has 1 spiro atoms. The van der Waals surface area contributed by atoms with Crippen LogP contribution < -0.4 is 0 Å². The van der Waals surface area contributed by atoms with E-state index in [2.05, 4.69) is 38.2 Å². The fourth-order valence-corrected chi connectivity index (χ4v) is 6.36. The van der Waals surface area contributed by atoms with E-state index < -0.39 is 5.60 Å². The predicted molar refractivity (Wildman–Crippen MR) is 115 cm³/mol. The Morgan fingerprint density at radius 1 is 0.815 bits per heavy atom. The van der Waals surface area contributed by atoms with E-state index in [9.17, 15) is 5.11 Å². The molecule has 0 unspecified atom stereocenters. The second kappa shape index (κ2) is 7.74. The summed E-state index contributed by atoms with van der Waals surface area (Å²) in [6, 6.07) is 0. The minimum absolute atomic E-state index is 0.0442. The first-order chi connectivity index (χ1) is 13.1. The lowest BCUT2D eigenvalue weighted by Gasteiger charge is -2.41. The van der Waals surface area contributed by atoms with Gasteiger partial charge in [-0.05, 0) is 73.7 Å². The quantitative estimate of drug-likeness (QED) is 0.510. The Hall–Kier alpha value is -1.08. The van der Waals surface area contributed by atoms with E-state index in [1.165, 1.54) is 70.6 Å². The van der Waals surface area contributed by atoms with Gasteiger partial charge in [-0.3, -0.25) is 0 Å². The maximum Gasteiger partial charge on any atom is 0.0744 e. The van der Waals surface area contributed by atoms with E-state index in [0.29, 0.717) is 0 Å². The first kappa shape index (κ1) is 19.2. The van der Waals surface area contributed by atoms with Gasteiger partial charge in [0.1, 0.15) is 0 Å². The molecule has 148 valence electrons. The highest BCUT2D eigenvalue weighted by atomic mass is 16.3. The number of hydrogen-bond acceptors (Lipinski definition) is 1. The van der Waals surface area contributed by atoms with Crippen molar-refractivity contribution in [1.82, 2.24) is 0 Å². The van der Waals surface area contributed by atoms with Crippen LogP contribution in [0.2, 0.25) is 0 Å². The summed E-state index contributed by atoms with van der Waals surface area (Å²) in [6.45, 7) is 4.65. The van der Waals surface area contributed by atoms with E-state index in [-0.39, 0.29) is 11.3 Å². The van der Waals surface area contributed by atoms with Gasteiger partial charge in [-0.25, -0.2) is 0 Å². The van der Waals surface area contributed by atoms with Crippen LogP contribution in [0.25, 0.3) is 0 Å². The second-order valence-electron chi connectivity index (χ2n) is 9.40. The molecule has 2 fully saturated rings. The highest BCUT2D eigenvalue weighted by molar-refractivity contribution is 5.61. The summed E-state index contributed by atoms with van der Waals surface area (Å²) in [7, 11) is 0. The van der Waals surface area contributed by atoms with E-state index in [1.807, 2.05) is 0 Å². The lowest BCUT2D eigenvalue weighted by Crippen LogP contribution is -2.39. The number of allylic oxidation sites excluding steroid dienone is 6. The maximum absolute atomic E-state index is 11.2. The molecule has 0 radical (unpaired) electrons. The molecule has 1 nitrogen and oxygen atoms in total. The van der Waals surface area contributed by atoms with Crippen LogP contribution >= 0.6 is 0 Å². The fraction of sp³-hybridized carbons (Fsp3) is 0.692. The number of hydrogen-bond donors (Lipinski definition) is 1. The molecule has 2 saturated carbocycles. The van der Waals surface area contributed by atoms with Gasteiger partial charge in [-0.1, -0.05) is 70.3 Å². The highest BCUT2D eigenvalue weighted by Crippen LogP contribution is 2.58. The molecule has 4 aliphatic rings. The summed E-state index contributed by atoms with van der Waals surface area (Å²) in [6.07, 6.45) is 25.5. The van der Waals surface area contributed by atoms with E-state index in [1.54, 1.807) is 22.3 Å². The van der Waals surface area contributed by atoms with E-state index >= 15 is 0 Å². The molecule has 0 saturated heterocycles. The van der Waals surface area contributed by atoms with Crippen molar-refractivity contribution < 1.29 is 5.11 Å². The van der Waals surface area contributed by atoms with Crippen LogP contribution in [0.5, 0.6) is 0 Å². The Balaban J connectivity index is 1.72. The molecule has 4 aliphatic carbocycles. The van der Waals surface area contributed by atoms with Crippen molar-refractivity contribution >= 4 is 0 Å². The van der Waals surface area contributed by atoms with Crippen LogP contribution in [0.3, 0.4) is 0 Å². The van der Waals surface area contributed by atoms with Gasteiger partial charge in [0.15, 0.2) is 0 Å². The zero-order chi connectivity index (χ0) is 18.9. The third kappa shape index (κ3) is 3.20. The molecule has 0 aromatic heterocycles. The van der Waals surface area contributed by atoms with Gasteiger partial charge in [0.25, 0.3) is 0 Å². The largest absolute Gasteiger partial charge is 0.389 e. The normalized spacial score (nSPS) is 26.9. The van der Waals surface area contributed by atoms with Crippen LogP contribution in [0.4, 0.5) is 0 Å². The Bertz CT molecular complexity index is 633. The lowest BCUT2D eigenvalue weighted by molar-refractivity contribution is -0.0194. The van der Waals surface area contributed by atoms with Crippen molar-refractivity contribution in [2.75, 3.05) is 0 Å². The first-order valence-electron chi connectivity index (χ1n) is 11.7. The van der Waals surface area contributed by atoms with Crippen LogP contribution in [0, 0.1) is 11.3 Å². The van der Waals surface area contributed by atoms with E-state index in [0.717, 1.165) is 12.8 Å². The van der Waals surface area contributed by atoms with E-state index in [4.69, 9.17) is 0 Å². The molecule has 0 amide bonds. The smallest absolute Gasteiger partial charge is 0.0744 e. The fourth-order valence-electron chi connectivity index (χ4n) is 6.36. The monoisotopic (exact) mass is 366 g/mol. The molecule has 0 aliphatic heterocycles. The highest BCUT2D eigenvalue weighted by Gasteiger charge is 2.45. The molecule has 1 N–H and O–H groups in total. The number of rotatable bonds is 5. The van der Waals surface area contributed by atoms with Gasteiger partial charge in [-0.2, -0.15) is 0 Å². The standard InChI is InChI=1S/C26H38O/c1-3-10-23-21-12-6-7-13-22(21)24(11-4-2)25(23)18-14-20(15-19-25)26(27)16-8-5-9-17-26/h14-15,18-20,27H,3-13,16-17H2,1-2H3. The van der Waals surface area contributed by atoms with Gasteiger partial charge < -0.3 is 5.11 Å². The van der Waals surface area contributed by atoms with Crippen molar-refractivity contribution in [1.29, 1.82) is 0 Å². The summed E-state index contributed by atoms with van der Waals surface area (Å²) in [5, 5.41) is 11.2. The van der Waals surface area contributed by atoms with Crippen molar-refractivity contribution in [3.8, 4) is 0 Å². The van der Waals surface area contributed by atoms with Crippen molar-refractivity contribution in [3.05, 3.63) is 46.6 Å². The molecule has 1 heteroatoms. The van der Waals surface area contributed by atoms with Gasteiger partial charge in [0, 0.05) is 11.3 Å². The van der Waals surface area contributed by atoms with Crippen LogP contribution in [-0.2, 0) is 0 Å². The summed E-state index contributed by atoms with van der Waals surface area (Å²) < 4.78 is 0. The Morgan fingerprint density at radius 2 is 1.33 bits per heavy atom. The van der Waals surface area contributed by atoms with Crippen molar-refractivity contribution in [2.45, 2.75) is 103 Å². The molecular weight excluding hydrogens is 328 g/mol. The first-order valence-corrected chi connectivity index (χ1v) is 11.7. The van der Waals surface area contributed by atoms with Crippen LogP contribution in [0.1, 0.15) is 97.3 Å². The average Bonchev–Trinajstić information content (AvgIpc) is 2.94. The molecule has 0 aromatic carbocycles. The topological polar surface area (TPSA) is 20.2 Å². The molecule has 0 heterocycles. The summed E-state index contributed by atoms with van der Waals surface area (Å²) >= 11 is 0. The minimum Gasteiger partial charge on any atom is -0.389 e. The Morgan fingerprint density at radius 3 is 1.81 bits per heavy atom. The van der Waals surface area contributed by atoms with Crippen LogP contribution in [0.15, 0.2) is 46.6 Å². The number of aliphatic hydroxyl groups is 1. The zero-order valence-electron chi connectivity index (χ0n) is 17.5. The Labute approximate surface area is 166 Å². The lowest BCUT2D eigenvalue weighted by atomic mass is 9.66. The zero-order valence-corrected chi connectivity index (χ0v) is 17.5. The molecule has 4 rings (SSSR count). The molecule has 0 bridgehead atoms. The van der Waals surface area contributed by atoms with Crippen molar-refractivity contribution in [3.63, 3.8) is 0 Å². The average molecular weight is 367 g/mol. The molecule has 27 heavy (non-hydrogen) atoms. The summed E-state index contributed by atoms with van der Waals surface area (Å²) in [5.74, 6) is 0.201. The van der Waals surface area contributed by atoms with Crippen molar-refractivity contribution in [2.24, 2.45) is 11.3 Å². The SMILES string of the molecule is CCCC1=C2CCCCC2=C(CCC)C12C=CC(C1(O)CCCCC1)C=C2.